The van der Waals surface area contributed by atoms with E-state index in [2.05, 4.69) is 11.9 Å². The molecule has 0 aromatic rings. The van der Waals surface area contributed by atoms with E-state index in [-0.39, 0.29) is 0 Å². The van der Waals surface area contributed by atoms with Crippen molar-refractivity contribution in [3.05, 3.63) is 0 Å². The molecule has 0 radical (unpaired) electrons. The molecular weight excluding hydrogens is 158 g/mol. The fourth-order valence-corrected chi connectivity index (χ4v) is 1.21. The Kier molecular flexibility index (Phi) is 5.66. The second-order valence-electron chi connectivity index (χ2n) is 2.98. The van der Waals surface area contributed by atoms with Crippen LogP contribution in [0.2, 0.25) is 0 Å². The molecule has 1 fully saturated rings. The van der Waals surface area contributed by atoms with Gasteiger partial charge in [0.2, 0.25) is 0 Å². The highest BCUT2D eigenvalue weighted by Gasteiger charge is 2.18. The number of rotatable bonds is 1. The molecular formula is C8H17NO3. The second-order valence-corrected chi connectivity index (χ2v) is 2.98. The quantitative estimate of drug-likeness (QED) is 0.596. The Morgan fingerprint density at radius 1 is 1.67 bits per heavy atom. The highest BCUT2D eigenvalue weighted by Crippen LogP contribution is 2.12. The SMILES string of the molecule is CC(=O)O.CN1CCCC1CO. The van der Waals surface area contributed by atoms with E-state index >= 15 is 0 Å². The fraction of sp³-hybridized carbons (Fsp3) is 0.875. The largest absolute Gasteiger partial charge is 0.481 e. The van der Waals surface area contributed by atoms with Gasteiger partial charge in [0.25, 0.3) is 5.97 Å². The van der Waals surface area contributed by atoms with Gasteiger partial charge in [0, 0.05) is 13.0 Å². The molecule has 1 saturated heterocycles. The molecule has 12 heavy (non-hydrogen) atoms. The summed E-state index contributed by atoms with van der Waals surface area (Å²) >= 11 is 0. The molecule has 0 bridgehead atoms. The Morgan fingerprint density at radius 2 is 2.17 bits per heavy atom. The Balaban J connectivity index is 0.000000261. The van der Waals surface area contributed by atoms with Crippen molar-refractivity contribution in [1.29, 1.82) is 0 Å². The summed E-state index contributed by atoms with van der Waals surface area (Å²) in [4.78, 5) is 11.2. The predicted octanol–water partition coefficient (Wildman–Crippen LogP) is 0.164. The van der Waals surface area contributed by atoms with Crippen LogP contribution in [-0.2, 0) is 4.79 Å². The number of carbonyl (C=O) groups is 1. The van der Waals surface area contributed by atoms with E-state index in [1.807, 2.05) is 0 Å². The minimum absolute atomic E-state index is 0.330. The number of likely N-dealkylation sites (N-methyl/N-ethyl adjacent to an activating group) is 1. The molecule has 2 N–H and O–H groups in total. The van der Waals surface area contributed by atoms with Crippen LogP contribution in [0.15, 0.2) is 0 Å². The summed E-state index contributed by atoms with van der Waals surface area (Å²) in [7, 11) is 2.06. The minimum Gasteiger partial charge on any atom is -0.481 e. The maximum absolute atomic E-state index is 9.00. The summed E-state index contributed by atoms with van der Waals surface area (Å²) in [6, 6.07) is 0.454. The molecule has 0 aromatic heterocycles. The first-order chi connectivity index (χ1) is 5.57. The van der Waals surface area contributed by atoms with Crippen molar-refractivity contribution in [2.24, 2.45) is 0 Å². The fourth-order valence-electron chi connectivity index (χ4n) is 1.21. The molecule has 0 aliphatic carbocycles. The van der Waals surface area contributed by atoms with Gasteiger partial charge in [-0.2, -0.15) is 0 Å². The Hall–Kier alpha value is -0.610. The first-order valence-electron chi connectivity index (χ1n) is 4.08. The number of aliphatic carboxylic acids is 1. The molecule has 0 amide bonds. The number of likely N-dealkylation sites (tertiary alicyclic amines) is 1. The van der Waals surface area contributed by atoms with Crippen LogP contribution in [0.3, 0.4) is 0 Å². The van der Waals surface area contributed by atoms with Gasteiger partial charge in [-0.3, -0.25) is 4.79 Å². The summed E-state index contributed by atoms with van der Waals surface area (Å²) in [6.07, 6.45) is 2.43. The molecule has 4 nitrogen and oxygen atoms in total. The van der Waals surface area contributed by atoms with Crippen LogP contribution in [-0.4, -0.2) is 47.3 Å². The van der Waals surface area contributed by atoms with Crippen LogP contribution in [0.5, 0.6) is 0 Å². The predicted molar refractivity (Wildman–Crippen MR) is 46.0 cm³/mol. The second kappa shape index (κ2) is 5.97. The van der Waals surface area contributed by atoms with Gasteiger partial charge < -0.3 is 15.1 Å². The van der Waals surface area contributed by atoms with Crippen molar-refractivity contribution in [2.75, 3.05) is 20.2 Å². The molecule has 1 unspecified atom stereocenters. The molecule has 1 aliphatic heterocycles. The zero-order valence-corrected chi connectivity index (χ0v) is 7.66. The first kappa shape index (κ1) is 11.4. The van der Waals surface area contributed by atoms with Crippen molar-refractivity contribution < 1.29 is 15.0 Å². The lowest BCUT2D eigenvalue weighted by molar-refractivity contribution is -0.134. The number of hydrogen-bond donors (Lipinski definition) is 2. The van der Waals surface area contributed by atoms with E-state index in [1.165, 1.54) is 12.8 Å². The van der Waals surface area contributed by atoms with Crippen molar-refractivity contribution in [3.8, 4) is 0 Å². The standard InChI is InChI=1S/C6H13NO.C2H4O2/c1-7-4-2-3-6(7)5-8;1-2(3)4/h6,8H,2-5H2,1H3;1H3,(H,3,4). The topological polar surface area (TPSA) is 60.8 Å². The van der Waals surface area contributed by atoms with Gasteiger partial charge in [0.05, 0.1) is 6.61 Å². The minimum atomic E-state index is -0.833. The van der Waals surface area contributed by atoms with E-state index in [0.29, 0.717) is 12.6 Å². The van der Waals surface area contributed by atoms with Crippen molar-refractivity contribution in [1.82, 2.24) is 4.90 Å². The van der Waals surface area contributed by atoms with Gasteiger partial charge in [-0.25, -0.2) is 0 Å². The monoisotopic (exact) mass is 175 g/mol. The summed E-state index contributed by atoms with van der Waals surface area (Å²) in [5.74, 6) is -0.833. The van der Waals surface area contributed by atoms with Gasteiger partial charge in [0.15, 0.2) is 0 Å². The number of carboxylic acids is 1. The van der Waals surface area contributed by atoms with E-state index < -0.39 is 5.97 Å². The van der Waals surface area contributed by atoms with E-state index in [9.17, 15) is 0 Å². The van der Waals surface area contributed by atoms with Crippen molar-refractivity contribution in [2.45, 2.75) is 25.8 Å². The normalized spacial score (nSPS) is 23.1. The third-order valence-electron chi connectivity index (χ3n) is 1.88. The molecule has 4 heteroatoms. The summed E-state index contributed by atoms with van der Waals surface area (Å²) in [5, 5.41) is 16.1. The first-order valence-corrected chi connectivity index (χ1v) is 4.08. The highest BCUT2D eigenvalue weighted by atomic mass is 16.4. The molecule has 1 atom stereocenters. The van der Waals surface area contributed by atoms with Gasteiger partial charge in [-0.1, -0.05) is 0 Å². The molecule has 1 aliphatic rings. The number of nitrogens with zero attached hydrogens (tertiary/aromatic N) is 1. The molecule has 1 heterocycles. The van der Waals surface area contributed by atoms with Crippen molar-refractivity contribution in [3.63, 3.8) is 0 Å². The highest BCUT2D eigenvalue weighted by molar-refractivity contribution is 5.62. The lowest BCUT2D eigenvalue weighted by atomic mass is 10.2. The zero-order valence-electron chi connectivity index (χ0n) is 7.66. The van der Waals surface area contributed by atoms with Gasteiger partial charge in [0.1, 0.15) is 0 Å². The van der Waals surface area contributed by atoms with Crippen LogP contribution in [0.25, 0.3) is 0 Å². The van der Waals surface area contributed by atoms with Crippen LogP contribution < -0.4 is 0 Å². The number of hydrogen-bond acceptors (Lipinski definition) is 3. The number of carboxylic acid groups (broad SMARTS) is 1. The van der Waals surface area contributed by atoms with Crippen LogP contribution in [0.1, 0.15) is 19.8 Å². The Labute approximate surface area is 72.8 Å². The molecule has 0 spiro atoms. The average molecular weight is 175 g/mol. The average Bonchev–Trinajstić information content (AvgIpc) is 2.33. The van der Waals surface area contributed by atoms with E-state index in [0.717, 1.165) is 13.5 Å². The zero-order chi connectivity index (χ0) is 9.56. The number of aliphatic hydroxyl groups is 1. The van der Waals surface area contributed by atoms with Crippen LogP contribution in [0, 0.1) is 0 Å². The summed E-state index contributed by atoms with van der Waals surface area (Å²) < 4.78 is 0. The van der Waals surface area contributed by atoms with Crippen molar-refractivity contribution >= 4 is 5.97 Å². The third-order valence-corrected chi connectivity index (χ3v) is 1.88. The summed E-state index contributed by atoms with van der Waals surface area (Å²) in [5.41, 5.74) is 0. The molecule has 0 aromatic carbocycles. The summed E-state index contributed by atoms with van der Waals surface area (Å²) in [6.45, 7) is 2.57. The molecule has 72 valence electrons. The number of aliphatic hydroxyl groups excluding tert-OH is 1. The maximum atomic E-state index is 9.00. The van der Waals surface area contributed by atoms with E-state index in [4.69, 9.17) is 15.0 Å². The lowest BCUT2D eigenvalue weighted by Gasteiger charge is -2.15. The maximum Gasteiger partial charge on any atom is 0.300 e. The lowest BCUT2D eigenvalue weighted by Crippen LogP contribution is -2.27. The third kappa shape index (κ3) is 5.09. The smallest absolute Gasteiger partial charge is 0.300 e. The molecule has 0 saturated carbocycles. The van der Waals surface area contributed by atoms with Gasteiger partial charge >= 0.3 is 0 Å². The van der Waals surface area contributed by atoms with Gasteiger partial charge in [-0.05, 0) is 26.4 Å². The van der Waals surface area contributed by atoms with E-state index in [1.54, 1.807) is 0 Å². The Morgan fingerprint density at radius 3 is 2.33 bits per heavy atom. The molecule has 1 rings (SSSR count). The van der Waals surface area contributed by atoms with Crippen LogP contribution in [0.4, 0.5) is 0 Å². The van der Waals surface area contributed by atoms with Gasteiger partial charge in [-0.15, -0.1) is 0 Å². The Bertz CT molecular complexity index is 134. The van der Waals surface area contributed by atoms with Crippen LogP contribution >= 0.6 is 0 Å².